The third kappa shape index (κ3) is 4.83. The van der Waals surface area contributed by atoms with E-state index >= 15 is 0 Å². The van der Waals surface area contributed by atoms with Crippen LogP contribution in [-0.4, -0.2) is 19.3 Å². The summed E-state index contributed by atoms with van der Waals surface area (Å²) in [5.74, 6) is 0.349. The van der Waals surface area contributed by atoms with Crippen LogP contribution in [0, 0.1) is 5.92 Å². The summed E-state index contributed by atoms with van der Waals surface area (Å²) >= 11 is 0. The normalized spacial score (nSPS) is 12.9. The molecule has 0 fully saturated rings. The van der Waals surface area contributed by atoms with Crippen LogP contribution in [0.15, 0.2) is 47.8 Å². The van der Waals surface area contributed by atoms with E-state index in [1.54, 1.807) is 0 Å². The van der Waals surface area contributed by atoms with Gasteiger partial charge in [-0.2, -0.15) is 0 Å². The lowest BCUT2D eigenvalue weighted by Gasteiger charge is -2.17. The van der Waals surface area contributed by atoms with E-state index in [9.17, 15) is 5.11 Å². The summed E-state index contributed by atoms with van der Waals surface area (Å²) in [5.41, 5.74) is 5.41. The number of aliphatic hydroxyl groups excluding tert-OH is 1. The maximum Gasteiger partial charge on any atom is 0.112 e. The molecule has 0 spiro atoms. The van der Waals surface area contributed by atoms with Crippen LogP contribution in [0.25, 0.3) is 0 Å². The average molecular weight is 274 g/mol. The van der Waals surface area contributed by atoms with E-state index in [0.717, 1.165) is 12.8 Å². The molecule has 0 saturated heterocycles. The van der Waals surface area contributed by atoms with Gasteiger partial charge in [-0.05, 0) is 17.7 Å². The molecule has 0 aliphatic carbocycles. The summed E-state index contributed by atoms with van der Waals surface area (Å²) in [4.78, 5) is 0. The molecular weight excluding hydrogens is 248 g/mol. The fourth-order valence-electron chi connectivity index (χ4n) is 2.21. The average Bonchev–Trinajstić information content (AvgIpc) is 2.41. The Morgan fingerprint density at radius 2 is 1.74 bits per heavy atom. The fraction of sp³-hybridized carbons (Fsp3) is 0.471. The Morgan fingerprint density at radius 3 is 2.26 bits per heavy atom. The van der Waals surface area contributed by atoms with Gasteiger partial charge in [0, 0.05) is 0 Å². The molecule has 0 radical (unpaired) electrons. The molecule has 0 saturated carbocycles. The Kier molecular flexibility index (Phi) is 6.30. The van der Waals surface area contributed by atoms with Crippen LogP contribution in [0.5, 0.6) is 0 Å². The third-order valence-corrected chi connectivity index (χ3v) is 6.47. The Balaban J connectivity index is 2.80. The summed E-state index contributed by atoms with van der Waals surface area (Å²) in [5, 5.41) is 11.4. The van der Waals surface area contributed by atoms with Crippen LogP contribution in [-0.2, 0) is 0 Å². The molecule has 0 aliphatic rings. The summed E-state index contributed by atoms with van der Waals surface area (Å²) in [6.45, 7) is 8.84. The Labute approximate surface area is 118 Å². The van der Waals surface area contributed by atoms with Gasteiger partial charge in [-0.3, -0.25) is 0 Å². The van der Waals surface area contributed by atoms with Crippen LogP contribution in [0.3, 0.4) is 0 Å². The first-order chi connectivity index (χ1) is 9.01. The molecule has 1 aromatic carbocycles. The molecule has 0 aliphatic heterocycles. The zero-order valence-corrected chi connectivity index (χ0v) is 13.6. The number of aliphatic hydroxyl groups is 1. The molecule has 2 heteroatoms. The molecule has 0 amide bonds. The minimum atomic E-state index is -1.58. The van der Waals surface area contributed by atoms with Gasteiger partial charge in [-0.1, -0.05) is 75.3 Å². The zero-order chi connectivity index (χ0) is 14.3. The maximum absolute atomic E-state index is 10.1. The van der Waals surface area contributed by atoms with Crippen molar-refractivity contribution < 1.29 is 5.11 Å². The number of benzene rings is 1. The molecule has 1 nitrogen and oxygen atoms in total. The van der Waals surface area contributed by atoms with Crippen molar-refractivity contribution in [3.05, 3.63) is 47.8 Å². The standard InChI is InChI=1S/C17H26OSi/c1-5-15(6-2)17(18)13-10-14-19(3,4)16-11-8-7-9-12-16/h7-9,11-15,17-18H,5-6H2,1-4H3. The smallest absolute Gasteiger partial charge is 0.112 e. The summed E-state index contributed by atoms with van der Waals surface area (Å²) in [7, 11) is -1.58. The lowest BCUT2D eigenvalue weighted by molar-refractivity contribution is 0.147. The van der Waals surface area contributed by atoms with E-state index in [0.29, 0.717) is 5.92 Å². The molecule has 1 N–H and O–H groups in total. The minimum absolute atomic E-state index is 0.349. The van der Waals surface area contributed by atoms with E-state index in [-0.39, 0.29) is 6.10 Å². The van der Waals surface area contributed by atoms with Crippen LogP contribution in [0.1, 0.15) is 26.7 Å². The third-order valence-electron chi connectivity index (χ3n) is 3.76. The van der Waals surface area contributed by atoms with Crippen LogP contribution in [0.2, 0.25) is 13.1 Å². The fourth-order valence-corrected chi connectivity index (χ4v) is 3.94. The largest absolute Gasteiger partial charge is 0.388 e. The Bertz CT molecular complexity index is 426. The van der Waals surface area contributed by atoms with Crippen molar-refractivity contribution in [1.29, 1.82) is 0 Å². The van der Waals surface area contributed by atoms with Crippen molar-refractivity contribution in [1.82, 2.24) is 0 Å². The van der Waals surface area contributed by atoms with Gasteiger partial charge in [0.25, 0.3) is 0 Å². The van der Waals surface area contributed by atoms with Gasteiger partial charge in [0.15, 0.2) is 0 Å². The van der Waals surface area contributed by atoms with Crippen molar-refractivity contribution >= 4 is 13.3 Å². The van der Waals surface area contributed by atoms with Crippen molar-refractivity contribution in [2.75, 3.05) is 0 Å². The second-order valence-electron chi connectivity index (χ2n) is 5.63. The van der Waals surface area contributed by atoms with E-state index in [2.05, 4.69) is 62.6 Å². The Hall–Kier alpha value is -1.08. The first-order valence-electron chi connectivity index (χ1n) is 7.18. The van der Waals surface area contributed by atoms with E-state index < -0.39 is 8.07 Å². The lowest BCUT2D eigenvalue weighted by atomic mass is 9.97. The SMILES string of the molecule is CCC(CC)C(O)C=C=C[Si](C)(C)c1ccccc1. The monoisotopic (exact) mass is 274 g/mol. The highest BCUT2D eigenvalue weighted by Gasteiger charge is 2.19. The quantitative estimate of drug-likeness (QED) is 0.620. The first kappa shape index (κ1) is 16.0. The van der Waals surface area contributed by atoms with Gasteiger partial charge >= 0.3 is 0 Å². The molecule has 1 atom stereocenters. The van der Waals surface area contributed by atoms with E-state index in [4.69, 9.17) is 0 Å². The minimum Gasteiger partial charge on any atom is -0.388 e. The van der Waals surface area contributed by atoms with Gasteiger partial charge in [0.1, 0.15) is 8.07 Å². The van der Waals surface area contributed by atoms with Gasteiger partial charge in [0.2, 0.25) is 0 Å². The number of hydrogen-bond donors (Lipinski definition) is 1. The van der Waals surface area contributed by atoms with Crippen molar-refractivity contribution in [3.63, 3.8) is 0 Å². The summed E-state index contributed by atoms with van der Waals surface area (Å²) in [6.07, 6.45) is 3.48. The Morgan fingerprint density at radius 1 is 1.16 bits per heavy atom. The zero-order valence-electron chi connectivity index (χ0n) is 12.6. The molecule has 1 rings (SSSR count). The molecular formula is C17H26OSi. The number of hydrogen-bond acceptors (Lipinski definition) is 1. The molecule has 0 aromatic heterocycles. The molecule has 19 heavy (non-hydrogen) atoms. The van der Waals surface area contributed by atoms with E-state index in [1.807, 2.05) is 12.1 Å². The second kappa shape index (κ2) is 7.49. The predicted molar refractivity (Wildman–Crippen MR) is 86.3 cm³/mol. The van der Waals surface area contributed by atoms with Gasteiger partial charge in [-0.25, -0.2) is 0 Å². The van der Waals surface area contributed by atoms with Crippen molar-refractivity contribution in [2.45, 2.75) is 45.9 Å². The summed E-state index contributed by atoms with van der Waals surface area (Å²) < 4.78 is 0. The molecule has 1 unspecified atom stereocenters. The van der Waals surface area contributed by atoms with Crippen LogP contribution >= 0.6 is 0 Å². The molecule has 0 bridgehead atoms. The van der Waals surface area contributed by atoms with Crippen molar-refractivity contribution in [2.24, 2.45) is 5.92 Å². The molecule has 1 aromatic rings. The first-order valence-corrected chi connectivity index (χ1v) is 10.3. The van der Waals surface area contributed by atoms with Crippen molar-refractivity contribution in [3.8, 4) is 0 Å². The maximum atomic E-state index is 10.1. The highest BCUT2D eigenvalue weighted by Crippen LogP contribution is 2.13. The highest BCUT2D eigenvalue weighted by atomic mass is 28.3. The molecule has 104 valence electrons. The van der Waals surface area contributed by atoms with Crippen LogP contribution < -0.4 is 5.19 Å². The molecule has 0 heterocycles. The van der Waals surface area contributed by atoms with Gasteiger partial charge in [0.05, 0.1) is 6.10 Å². The lowest BCUT2D eigenvalue weighted by Crippen LogP contribution is -2.39. The van der Waals surface area contributed by atoms with Gasteiger partial charge in [-0.15, -0.1) is 5.73 Å². The predicted octanol–water partition coefficient (Wildman–Crippen LogP) is 3.65. The van der Waals surface area contributed by atoms with Crippen LogP contribution in [0.4, 0.5) is 0 Å². The number of rotatable bonds is 6. The topological polar surface area (TPSA) is 20.2 Å². The summed E-state index contributed by atoms with van der Waals surface area (Å²) in [6, 6.07) is 10.6. The second-order valence-corrected chi connectivity index (χ2v) is 9.94. The van der Waals surface area contributed by atoms with Gasteiger partial charge < -0.3 is 5.11 Å². The van der Waals surface area contributed by atoms with E-state index in [1.165, 1.54) is 5.19 Å². The highest BCUT2D eigenvalue weighted by molar-refractivity contribution is 6.93.